The molecule has 0 saturated heterocycles. The first kappa shape index (κ1) is 15.4. The predicted molar refractivity (Wildman–Crippen MR) is 59.5 cm³/mol. The van der Waals surface area contributed by atoms with Crippen LogP contribution in [-0.2, 0) is 14.3 Å². The molecule has 7 heteroatoms. The Morgan fingerprint density at radius 2 is 1.88 bits per heavy atom. The van der Waals surface area contributed by atoms with Crippen LogP contribution in [0.1, 0.15) is 26.7 Å². The molecule has 0 heterocycles. The van der Waals surface area contributed by atoms with Crippen molar-refractivity contribution >= 4 is 17.9 Å². The minimum atomic E-state index is -1.08. The molecule has 0 rings (SSSR count). The molecular weight excluding hydrogens is 228 g/mol. The SMILES string of the molecule is CC(C)OCCNC(=O)NC(=O)CCC(=O)O. The zero-order chi connectivity index (χ0) is 13.3. The molecule has 0 radical (unpaired) electrons. The van der Waals surface area contributed by atoms with Gasteiger partial charge in [0.15, 0.2) is 0 Å². The molecular formula is C10H18N2O5. The third kappa shape index (κ3) is 10.6. The summed E-state index contributed by atoms with van der Waals surface area (Å²) in [6.07, 6.45) is -0.432. The van der Waals surface area contributed by atoms with Crippen LogP contribution in [-0.4, -0.2) is 42.3 Å². The van der Waals surface area contributed by atoms with Gasteiger partial charge >= 0.3 is 12.0 Å². The van der Waals surface area contributed by atoms with E-state index in [1.165, 1.54) is 0 Å². The first-order valence-corrected chi connectivity index (χ1v) is 5.33. The average molecular weight is 246 g/mol. The zero-order valence-electron chi connectivity index (χ0n) is 9.99. The standard InChI is InChI=1S/C10H18N2O5/c1-7(2)17-6-5-11-10(16)12-8(13)3-4-9(14)15/h7H,3-6H2,1-2H3,(H,14,15)(H2,11,12,13,16). The highest BCUT2D eigenvalue weighted by atomic mass is 16.5. The number of nitrogens with one attached hydrogen (secondary N) is 2. The topological polar surface area (TPSA) is 105 Å². The fourth-order valence-corrected chi connectivity index (χ4v) is 0.913. The monoisotopic (exact) mass is 246 g/mol. The number of urea groups is 1. The quantitative estimate of drug-likeness (QED) is 0.553. The number of hydrogen-bond donors (Lipinski definition) is 3. The van der Waals surface area contributed by atoms with E-state index in [4.69, 9.17) is 9.84 Å². The summed E-state index contributed by atoms with van der Waals surface area (Å²) in [5, 5.41) is 12.8. The van der Waals surface area contributed by atoms with Crippen molar-refractivity contribution in [2.75, 3.05) is 13.2 Å². The highest BCUT2D eigenvalue weighted by Gasteiger charge is 2.08. The lowest BCUT2D eigenvalue weighted by Crippen LogP contribution is -2.41. The number of carbonyl (C=O) groups excluding carboxylic acids is 2. The molecule has 0 aromatic rings. The summed E-state index contributed by atoms with van der Waals surface area (Å²) in [5.41, 5.74) is 0. The van der Waals surface area contributed by atoms with Crippen LogP contribution in [0.2, 0.25) is 0 Å². The maximum Gasteiger partial charge on any atom is 0.321 e. The Morgan fingerprint density at radius 3 is 2.41 bits per heavy atom. The predicted octanol–water partition coefficient (Wildman–Crippen LogP) is 0.102. The number of carboxylic acid groups (broad SMARTS) is 1. The average Bonchev–Trinajstić information content (AvgIpc) is 2.21. The minimum Gasteiger partial charge on any atom is -0.481 e. The molecule has 3 amide bonds. The molecule has 0 spiro atoms. The second kappa shape index (κ2) is 8.51. The third-order valence-corrected chi connectivity index (χ3v) is 1.66. The van der Waals surface area contributed by atoms with Crippen LogP contribution in [0, 0.1) is 0 Å². The molecule has 7 nitrogen and oxygen atoms in total. The van der Waals surface area contributed by atoms with Gasteiger partial charge in [0.25, 0.3) is 0 Å². The fourth-order valence-electron chi connectivity index (χ4n) is 0.913. The molecule has 17 heavy (non-hydrogen) atoms. The van der Waals surface area contributed by atoms with E-state index in [0.29, 0.717) is 6.61 Å². The van der Waals surface area contributed by atoms with Crippen LogP contribution in [0.4, 0.5) is 4.79 Å². The van der Waals surface area contributed by atoms with Crippen molar-refractivity contribution in [1.29, 1.82) is 0 Å². The summed E-state index contributed by atoms with van der Waals surface area (Å²) < 4.78 is 5.17. The molecule has 0 aromatic carbocycles. The molecule has 98 valence electrons. The number of ether oxygens (including phenoxy) is 1. The number of rotatable bonds is 7. The maximum absolute atomic E-state index is 11.1. The van der Waals surface area contributed by atoms with Crippen molar-refractivity contribution in [3.63, 3.8) is 0 Å². The highest BCUT2D eigenvalue weighted by molar-refractivity contribution is 5.95. The first-order chi connectivity index (χ1) is 7.91. The number of hydrogen-bond acceptors (Lipinski definition) is 4. The lowest BCUT2D eigenvalue weighted by molar-refractivity contribution is -0.138. The second-order valence-electron chi connectivity index (χ2n) is 3.62. The first-order valence-electron chi connectivity index (χ1n) is 5.33. The summed E-state index contributed by atoms with van der Waals surface area (Å²) in [6.45, 7) is 4.38. The Labute approximate surface area is 99.5 Å². The maximum atomic E-state index is 11.1. The largest absolute Gasteiger partial charge is 0.481 e. The fraction of sp³-hybridized carbons (Fsp3) is 0.700. The number of amides is 3. The van der Waals surface area contributed by atoms with Crippen LogP contribution in [0.15, 0.2) is 0 Å². The Hall–Kier alpha value is -1.63. The normalized spacial score (nSPS) is 10.1. The van der Waals surface area contributed by atoms with Gasteiger partial charge in [0.2, 0.25) is 5.91 Å². The van der Waals surface area contributed by atoms with E-state index >= 15 is 0 Å². The van der Waals surface area contributed by atoms with Gasteiger partial charge in [0.05, 0.1) is 19.1 Å². The van der Waals surface area contributed by atoms with Crippen LogP contribution in [0.5, 0.6) is 0 Å². The summed E-state index contributed by atoms with van der Waals surface area (Å²) in [6, 6.07) is -0.646. The van der Waals surface area contributed by atoms with E-state index in [0.717, 1.165) is 0 Å². The molecule has 0 aliphatic rings. The van der Waals surface area contributed by atoms with E-state index in [9.17, 15) is 14.4 Å². The molecule has 0 fully saturated rings. The van der Waals surface area contributed by atoms with Gasteiger partial charge < -0.3 is 15.2 Å². The number of carboxylic acids is 1. The summed E-state index contributed by atoms with van der Waals surface area (Å²) in [4.78, 5) is 32.3. The lowest BCUT2D eigenvalue weighted by atomic mass is 10.3. The van der Waals surface area contributed by atoms with E-state index in [-0.39, 0.29) is 25.5 Å². The van der Waals surface area contributed by atoms with Gasteiger partial charge in [0, 0.05) is 13.0 Å². The van der Waals surface area contributed by atoms with Gasteiger partial charge in [-0.2, -0.15) is 0 Å². The number of imide groups is 1. The Balaban J connectivity index is 3.57. The van der Waals surface area contributed by atoms with E-state index in [1.54, 1.807) is 0 Å². The van der Waals surface area contributed by atoms with Crippen LogP contribution in [0.25, 0.3) is 0 Å². The molecule has 0 bridgehead atoms. The van der Waals surface area contributed by atoms with Crippen molar-refractivity contribution in [3.8, 4) is 0 Å². The van der Waals surface area contributed by atoms with Crippen molar-refractivity contribution < 1.29 is 24.2 Å². The summed E-state index contributed by atoms with van der Waals surface area (Å²) in [5.74, 6) is -1.69. The number of carbonyl (C=O) groups is 3. The van der Waals surface area contributed by atoms with Gasteiger partial charge in [-0.15, -0.1) is 0 Å². The molecule has 3 N–H and O–H groups in total. The molecule has 0 saturated carbocycles. The number of aliphatic carboxylic acids is 1. The zero-order valence-corrected chi connectivity index (χ0v) is 9.99. The van der Waals surface area contributed by atoms with Crippen molar-refractivity contribution in [2.45, 2.75) is 32.8 Å². The van der Waals surface area contributed by atoms with Crippen LogP contribution in [0.3, 0.4) is 0 Å². The van der Waals surface area contributed by atoms with Gasteiger partial charge in [-0.1, -0.05) is 0 Å². The van der Waals surface area contributed by atoms with Gasteiger partial charge in [-0.05, 0) is 13.8 Å². The van der Waals surface area contributed by atoms with Crippen molar-refractivity contribution in [3.05, 3.63) is 0 Å². The van der Waals surface area contributed by atoms with Crippen LogP contribution < -0.4 is 10.6 Å². The van der Waals surface area contributed by atoms with E-state index in [1.807, 2.05) is 19.2 Å². The van der Waals surface area contributed by atoms with Crippen molar-refractivity contribution in [1.82, 2.24) is 10.6 Å². The lowest BCUT2D eigenvalue weighted by Gasteiger charge is -2.08. The third-order valence-electron chi connectivity index (χ3n) is 1.66. The van der Waals surface area contributed by atoms with Gasteiger partial charge in [-0.25, -0.2) is 4.79 Å². The molecule has 0 aliphatic carbocycles. The summed E-state index contributed by atoms with van der Waals surface area (Å²) in [7, 11) is 0. The smallest absolute Gasteiger partial charge is 0.321 e. The van der Waals surface area contributed by atoms with E-state index < -0.39 is 17.9 Å². The molecule has 0 aliphatic heterocycles. The van der Waals surface area contributed by atoms with E-state index in [2.05, 4.69) is 5.32 Å². The van der Waals surface area contributed by atoms with Gasteiger partial charge in [-0.3, -0.25) is 14.9 Å². The highest BCUT2D eigenvalue weighted by Crippen LogP contribution is 1.88. The van der Waals surface area contributed by atoms with Gasteiger partial charge in [0.1, 0.15) is 0 Å². The summed E-state index contributed by atoms with van der Waals surface area (Å²) >= 11 is 0. The molecule has 0 unspecified atom stereocenters. The molecule has 0 aromatic heterocycles. The Morgan fingerprint density at radius 1 is 1.24 bits per heavy atom. The van der Waals surface area contributed by atoms with Crippen LogP contribution >= 0.6 is 0 Å². The molecule has 0 atom stereocenters. The minimum absolute atomic E-state index is 0.0806. The Bertz CT molecular complexity index is 278. The van der Waals surface area contributed by atoms with Crippen molar-refractivity contribution in [2.24, 2.45) is 0 Å². The second-order valence-corrected chi connectivity index (χ2v) is 3.62. The Kier molecular flexibility index (Phi) is 7.70.